The first-order valence-electron chi connectivity index (χ1n) is 14.3. The van der Waals surface area contributed by atoms with Crippen molar-refractivity contribution in [2.45, 2.75) is 110 Å². The van der Waals surface area contributed by atoms with E-state index in [4.69, 9.17) is 9.47 Å². The second-order valence-electron chi connectivity index (χ2n) is 12.1. The summed E-state index contributed by atoms with van der Waals surface area (Å²) in [5, 5.41) is 3.06. The zero-order valence-electron chi connectivity index (χ0n) is 23.0. The number of aromatic nitrogens is 1. The monoisotopic (exact) mass is 515 g/mol. The highest BCUT2D eigenvalue weighted by atomic mass is 16.6. The molecule has 2 saturated carbocycles. The van der Waals surface area contributed by atoms with Gasteiger partial charge in [-0.2, -0.15) is 0 Å². The number of nitrogens with zero attached hydrogens (tertiary/aromatic N) is 1. The number of carbonyl (C=O) groups excluding carboxylic acids is 3. The number of hydrogen-bond acceptors (Lipinski definition) is 5. The summed E-state index contributed by atoms with van der Waals surface area (Å²) in [6, 6.07) is 2.87. The van der Waals surface area contributed by atoms with E-state index in [1.54, 1.807) is 17.9 Å². The van der Waals surface area contributed by atoms with Crippen molar-refractivity contribution in [3.05, 3.63) is 23.5 Å². The number of H-pyrrole nitrogens is 1. The number of ether oxygens (including phenoxy) is 2. The molecule has 2 heterocycles. The van der Waals surface area contributed by atoms with Gasteiger partial charge in [-0.05, 0) is 76.8 Å². The Labute approximate surface area is 221 Å². The van der Waals surface area contributed by atoms with Crippen LogP contribution in [0.5, 0.6) is 0 Å². The highest BCUT2D eigenvalue weighted by Gasteiger charge is 2.44. The van der Waals surface area contributed by atoms with Crippen LogP contribution >= 0.6 is 0 Å². The van der Waals surface area contributed by atoms with Gasteiger partial charge in [0, 0.05) is 12.2 Å². The van der Waals surface area contributed by atoms with Crippen LogP contribution in [0.1, 0.15) is 114 Å². The third-order valence-corrected chi connectivity index (χ3v) is 8.29. The van der Waals surface area contributed by atoms with Crippen LogP contribution in [0.4, 0.5) is 4.79 Å². The van der Waals surface area contributed by atoms with Gasteiger partial charge in [0.05, 0.1) is 12.6 Å². The number of nitrogens with one attached hydrogen (secondary N) is 2. The molecule has 4 rings (SSSR count). The van der Waals surface area contributed by atoms with Crippen molar-refractivity contribution in [2.24, 2.45) is 17.8 Å². The molecule has 0 aromatic carbocycles. The highest BCUT2D eigenvalue weighted by molar-refractivity contribution is 5.96. The van der Waals surface area contributed by atoms with E-state index in [-0.39, 0.29) is 23.8 Å². The van der Waals surface area contributed by atoms with Crippen molar-refractivity contribution in [1.29, 1.82) is 0 Å². The first kappa shape index (κ1) is 27.5. The second kappa shape index (κ2) is 11.9. The number of carbonyl (C=O) groups is 3. The lowest BCUT2D eigenvalue weighted by Gasteiger charge is -2.27. The van der Waals surface area contributed by atoms with E-state index in [1.165, 1.54) is 32.1 Å². The third kappa shape index (κ3) is 6.88. The Morgan fingerprint density at radius 3 is 2.35 bits per heavy atom. The van der Waals surface area contributed by atoms with Crippen LogP contribution in [0.25, 0.3) is 0 Å². The summed E-state index contributed by atoms with van der Waals surface area (Å²) in [6.45, 7) is 8.23. The fourth-order valence-electron chi connectivity index (χ4n) is 6.55. The molecule has 2 N–H and O–H groups in total. The van der Waals surface area contributed by atoms with Crippen LogP contribution in [0.2, 0.25) is 0 Å². The van der Waals surface area contributed by atoms with E-state index in [2.05, 4.69) is 10.3 Å². The number of hydrogen-bond donors (Lipinski definition) is 2. The quantitative estimate of drug-likeness (QED) is 0.451. The van der Waals surface area contributed by atoms with E-state index in [0.717, 1.165) is 31.4 Å². The molecule has 1 aromatic heterocycles. The summed E-state index contributed by atoms with van der Waals surface area (Å²) in [6.07, 6.45) is 10.6. The normalized spacial score (nSPS) is 24.2. The average Bonchev–Trinajstić information content (AvgIpc) is 3.63. The van der Waals surface area contributed by atoms with E-state index in [1.807, 2.05) is 26.8 Å². The molecule has 8 heteroatoms. The van der Waals surface area contributed by atoms with E-state index in [0.29, 0.717) is 37.1 Å². The zero-order chi connectivity index (χ0) is 26.6. The van der Waals surface area contributed by atoms with Gasteiger partial charge in [-0.15, -0.1) is 0 Å². The fourth-order valence-corrected chi connectivity index (χ4v) is 6.55. The van der Waals surface area contributed by atoms with Crippen molar-refractivity contribution in [2.75, 3.05) is 13.2 Å². The molecule has 2 amide bonds. The Morgan fingerprint density at radius 2 is 1.70 bits per heavy atom. The summed E-state index contributed by atoms with van der Waals surface area (Å²) in [5.74, 6) is 0.686. The standard InChI is InChI=1S/C29H45N3O5/c1-5-36-27(34)24-17-21(19-11-7-6-8-12-19)18-32(24)26(33)23-16-15-22(30-23)25(20-13-9-10-14-20)31-28(35)37-29(2,3)4/h15-16,19-21,24-25,30H,5-14,17-18H2,1-4H3,(H,31,35)/t21-,24+,25+/m1/s1. The van der Waals surface area contributed by atoms with E-state index >= 15 is 0 Å². The van der Waals surface area contributed by atoms with Crippen LogP contribution in [0, 0.1) is 17.8 Å². The maximum atomic E-state index is 13.7. The molecule has 3 fully saturated rings. The number of rotatable bonds is 7. The number of aromatic amines is 1. The Hall–Kier alpha value is -2.51. The van der Waals surface area contributed by atoms with Crippen molar-refractivity contribution in [3.63, 3.8) is 0 Å². The van der Waals surface area contributed by atoms with Crippen molar-refractivity contribution in [3.8, 4) is 0 Å². The number of esters is 1. The SMILES string of the molecule is CCOC(=O)[C@@H]1C[C@@H](C2CCCCC2)CN1C(=O)c1ccc([C@@H](NC(=O)OC(C)(C)C)C2CCCC2)[nH]1. The molecule has 1 saturated heterocycles. The summed E-state index contributed by atoms with van der Waals surface area (Å²) < 4.78 is 10.9. The van der Waals surface area contributed by atoms with Gasteiger partial charge < -0.3 is 24.7 Å². The fraction of sp³-hybridized carbons (Fsp3) is 0.759. The lowest BCUT2D eigenvalue weighted by molar-refractivity contribution is -0.147. The minimum Gasteiger partial charge on any atom is -0.464 e. The van der Waals surface area contributed by atoms with Crippen LogP contribution in [-0.2, 0) is 14.3 Å². The van der Waals surface area contributed by atoms with Gasteiger partial charge in [0.15, 0.2) is 0 Å². The van der Waals surface area contributed by atoms with Crippen LogP contribution in [-0.4, -0.2) is 52.6 Å². The average molecular weight is 516 g/mol. The molecule has 206 valence electrons. The first-order valence-corrected chi connectivity index (χ1v) is 14.3. The highest BCUT2D eigenvalue weighted by Crippen LogP contribution is 2.39. The van der Waals surface area contributed by atoms with Gasteiger partial charge in [0.2, 0.25) is 0 Å². The third-order valence-electron chi connectivity index (χ3n) is 8.29. The molecular weight excluding hydrogens is 470 g/mol. The molecular formula is C29H45N3O5. The largest absolute Gasteiger partial charge is 0.464 e. The van der Waals surface area contributed by atoms with Crippen LogP contribution in [0.3, 0.4) is 0 Å². The lowest BCUT2D eigenvalue weighted by Crippen LogP contribution is -2.41. The molecule has 0 unspecified atom stereocenters. The number of likely N-dealkylation sites (tertiary alicyclic amines) is 1. The van der Waals surface area contributed by atoms with Crippen molar-refractivity contribution in [1.82, 2.24) is 15.2 Å². The summed E-state index contributed by atoms with van der Waals surface area (Å²) in [7, 11) is 0. The Bertz CT molecular complexity index is 940. The summed E-state index contributed by atoms with van der Waals surface area (Å²) in [4.78, 5) is 44.3. The smallest absolute Gasteiger partial charge is 0.408 e. The predicted octanol–water partition coefficient (Wildman–Crippen LogP) is 5.74. The van der Waals surface area contributed by atoms with Gasteiger partial charge in [0.25, 0.3) is 5.91 Å². The number of amides is 2. The Kier molecular flexibility index (Phi) is 8.86. The van der Waals surface area contributed by atoms with Crippen LogP contribution < -0.4 is 5.32 Å². The molecule has 8 nitrogen and oxygen atoms in total. The molecule has 0 spiro atoms. The minimum atomic E-state index is -0.589. The van der Waals surface area contributed by atoms with Crippen molar-refractivity contribution >= 4 is 18.0 Å². The zero-order valence-corrected chi connectivity index (χ0v) is 23.0. The maximum absolute atomic E-state index is 13.7. The molecule has 1 aliphatic heterocycles. The van der Waals surface area contributed by atoms with E-state index in [9.17, 15) is 14.4 Å². The molecule has 2 aliphatic carbocycles. The second-order valence-corrected chi connectivity index (χ2v) is 12.1. The lowest BCUT2D eigenvalue weighted by atomic mass is 9.79. The van der Waals surface area contributed by atoms with E-state index < -0.39 is 17.7 Å². The summed E-state index contributed by atoms with van der Waals surface area (Å²) >= 11 is 0. The maximum Gasteiger partial charge on any atom is 0.408 e. The molecule has 0 bridgehead atoms. The minimum absolute atomic E-state index is 0.176. The summed E-state index contributed by atoms with van der Waals surface area (Å²) in [5.41, 5.74) is 0.660. The Balaban J connectivity index is 1.52. The first-order chi connectivity index (χ1) is 17.7. The van der Waals surface area contributed by atoms with Crippen molar-refractivity contribution < 1.29 is 23.9 Å². The molecule has 0 radical (unpaired) electrons. The topological polar surface area (TPSA) is 101 Å². The van der Waals surface area contributed by atoms with Gasteiger partial charge >= 0.3 is 12.1 Å². The van der Waals surface area contributed by atoms with Gasteiger partial charge in [-0.25, -0.2) is 9.59 Å². The molecule has 3 atom stereocenters. The van der Waals surface area contributed by atoms with Gasteiger partial charge in [0.1, 0.15) is 17.3 Å². The number of alkyl carbamates (subject to hydrolysis) is 1. The Morgan fingerprint density at radius 1 is 1.03 bits per heavy atom. The van der Waals surface area contributed by atoms with Crippen LogP contribution in [0.15, 0.2) is 12.1 Å². The van der Waals surface area contributed by atoms with Gasteiger partial charge in [-0.3, -0.25) is 4.79 Å². The predicted molar refractivity (Wildman–Crippen MR) is 141 cm³/mol. The molecule has 37 heavy (non-hydrogen) atoms. The van der Waals surface area contributed by atoms with Gasteiger partial charge in [-0.1, -0.05) is 44.9 Å². The molecule has 1 aromatic rings. The molecule has 3 aliphatic rings.